The second kappa shape index (κ2) is 5.94. The topological polar surface area (TPSA) is 70.7 Å². The van der Waals surface area contributed by atoms with Crippen LogP contribution in [0.4, 0.5) is 18.9 Å². The number of nitrogens with zero attached hydrogens (tertiary/aromatic N) is 3. The molecule has 0 bridgehead atoms. The van der Waals surface area contributed by atoms with Crippen molar-refractivity contribution in [1.82, 2.24) is 9.55 Å². The average molecular weight is 344 g/mol. The first-order valence-corrected chi connectivity index (χ1v) is 7.18. The first kappa shape index (κ1) is 16.5. The zero-order chi connectivity index (χ0) is 18.2. The number of rotatable bonds is 2. The molecule has 0 amide bonds. The number of pyridine rings is 2. The third-order valence-electron chi connectivity index (χ3n) is 3.69. The number of fused-ring (bicyclic) bond motifs is 1. The lowest BCUT2D eigenvalue weighted by Crippen LogP contribution is -2.24. The van der Waals surface area contributed by atoms with E-state index in [9.17, 15) is 23.2 Å². The molecule has 1 N–H and O–H groups in total. The van der Waals surface area contributed by atoms with Gasteiger partial charge in [0.25, 0.3) is 5.56 Å². The van der Waals surface area contributed by atoms with Gasteiger partial charge in [-0.05, 0) is 24.3 Å². The van der Waals surface area contributed by atoms with E-state index in [1.165, 1.54) is 13.1 Å². The largest absolute Gasteiger partial charge is 0.433 e. The van der Waals surface area contributed by atoms with E-state index in [1.807, 2.05) is 6.07 Å². The fraction of sp³-hybridized carbons (Fsp3) is 0.118. The Morgan fingerprint density at radius 1 is 1.16 bits per heavy atom. The van der Waals surface area contributed by atoms with Gasteiger partial charge in [-0.15, -0.1) is 0 Å². The molecule has 3 rings (SSSR count). The van der Waals surface area contributed by atoms with Crippen molar-refractivity contribution >= 4 is 16.7 Å². The van der Waals surface area contributed by atoms with Crippen LogP contribution < -0.4 is 10.9 Å². The number of para-hydroxylation sites is 1. The summed E-state index contributed by atoms with van der Waals surface area (Å²) in [7, 11) is 1.49. The summed E-state index contributed by atoms with van der Waals surface area (Å²) < 4.78 is 40.2. The highest BCUT2D eigenvalue weighted by Gasteiger charge is 2.33. The number of halogens is 3. The van der Waals surface area contributed by atoms with E-state index in [-0.39, 0.29) is 22.3 Å². The third kappa shape index (κ3) is 2.70. The van der Waals surface area contributed by atoms with Gasteiger partial charge in [0.05, 0.1) is 11.4 Å². The summed E-state index contributed by atoms with van der Waals surface area (Å²) in [6.45, 7) is 0. The highest BCUT2D eigenvalue weighted by molar-refractivity contribution is 5.93. The molecule has 0 fully saturated rings. The molecule has 25 heavy (non-hydrogen) atoms. The van der Waals surface area contributed by atoms with Gasteiger partial charge in [0.15, 0.2) is 0 Å². The predicted molar refractivity (Wildman–Crippen MR) is 86.6 cm³/mol. The molecule has 8 heteroatoms. The SMILES string of the molecule is CNc1c(C#N)c(=O)n(-c2ccccc2)c2nc(C(F)(F)F)ccc12. The van der Waals surface area contributed by atoms with Crippen molar-refractivity contribution in [1.29, 1.82) is 5.26 Å². The summed E-state index contributed by atoms with van der Waals surface area (Å²) in [5.41, 5.74) is -1.75. The van der Waals surface area contributed by atoms with E-state index in [4.69, 9.17) is 0 Å². The molecule has 0 spiro atoms. The number of anilines is 1. The van der Waals surface area contributed by atoms with Crippen LogP contribution in [0, 0.1) is 11.3 Å². The Kier molecular flexibility index (Phi) is 3.93. The van der Waals surface area contributed by atoms with Crippen LogP contribution in [0.5, 0.6) is 0 Å². The number of hydrogen-bond acceptors (Lipinski definition) is 4. The second-order valence-corrected chi connectivity index (χ2v) is 5.15. The van der Waals surface area contributed by atoms with E-state index in [1.54, 1.807) is 30.3 Å². The van der Waals surface area contributed by atoms with Crippen molar-refractivity contribution in [2.75, 3.05) is 12.4 Å². The lowest BCUT2D eigenvalue weighted by atomic mass is 10.1. The standard InChI is InChI=1S/C17H11F3N4O/c1-22-14-11-7-8-13(17(18,19)20)23-15(11)24(16(25)12(14)9-21)10-5-3-2-4-6-10/h2-8,22H,1H3. The quantitative estimate of drug-likeness (QED) is 0.774. The van der Waals surface area contributed by atoms with Crippen molar-refractivity contribution in [3.8, 4) is 11.8 Å². The molecule has 0 aliphatic heterocycles. The molecule has 0 atom stereocenters. The summed E-state index contributed by atoms with van der Waals surface area (Å²) in [5, 5.41) is 12.3. The van der Waals surface area contributed by atoms with E-state index in [0.717, 1.165) is 10.6 Å². The maximum Gasteiger partial charge on any atom is 0.433 e. The number of hydrogen-bond donors (Lipinski definition) is 1. The smallest absolute Gasteiger partial charge is 0.386 e. The molecule has 0 saturated heterocycles. The minimum Gasteiger partial charge on any atom is -0.386 e. The Bertz CT molecular complexity index is 1050. The van der Waals surface area contributed by atoms with Crippen molar-refractivity contribution in [2.45, 2.75) is 6.18 Å². The fourth-order valence-electron chi connectivity index (χ4n) is 2.60. The van der Waals surface area contributed by atoms with Crippen LogP contribution >= 0.6 is 0 Å². The van der Waals surface area contributed by atoms with Gasteiger partial charge >= 0.3 is 6.18 Å². The van der Waals surface area contributed by atoms with Gasteiger partial charge in [0.1, 0.15) is 23.0 Å². The molecule has 126 valence electrons. The van der Waals surface area contributed by atoms with Gasteiger partial charge in [-0.3, -0.25) is 9.36 Å². The Morgan fingerprint density at radius 3 is 2.40 bits per heavy atom. The second-order valence-electron chi connectivity index (χ2n) is 5.15. The van der Waals surface area contributed by atoms with Gasteiger partial charge in [-0.25, -0.2) is 4.98 Å². The number of benzene rings is 1. The summed E-state index contributed by atoms with van der Waals surface area (Å²) in [6, 6.07) is 11.9. The molecule has 0 saturated carbocycles. The Labute approximate surface area is 140 Å². The Balaban J connectivity index is 2.53. The van der Waals surface area contributed by atoms with E-state index in [0.29, 0.717) is 5.69 Å². The van der Waals surface area contributed by atoms with Crippen LogP contribution in [0.15, 0.2) is 47.3 Å². The van der Waals surface area contributed by atoms with Crippen molar-refractivity contribution < 1.29 is 13.2 Å². The highest BCUT2D eigenvalue weighted by atomic mass is 19.4. The molecule has 5 nitrogen and oxygen atoms in total. The minimum absolute atomic E-state index is 0.149. The van der Waals surface area contributed by atoms with Gasteiger partial charge in [-0.2, -0.15) is 18.4 Å². The van der Waals surface area contributed by atoms with Gasteiger partial charge in [0, 0.05) is 12.4 Å². The summed E-state index contributed by atoms with van der Waals surface area (Å²) >= 11 is 0. The zero-order valence-electron chi connectivity index (χ0n) is 12.9. The van der Waals surface area contributed by atoms with Gasteiger partial charge in [0.2, 0.25) is 0 Å². The first-order chi connectivity index (χ1) is 11.9. The normalized spacial score (nSPS) is 11.3. The molecule has 1 aromatic carbocycles. The number of alkyl halides is 3. The fourth-order valence-corrected chi connectivity index (χ4v) is 2.60. The Morgan fingerprint density at radius 2 is 1.84 bits per heavy atom. The van der Waals surface area contributed by atoms with Crippen LogP contribution in [0.1, 0.15) is 11.3 Å². The molecule has 2 heterocycles. The number of aromatic nitrogens is 2. The van der Waals surface area contributed by atoms with Crippen molar-refractivity contribution in [2.24, 2.45) is 0 Å². The van der Waals surface area contributed by atoms with Crippen LogP contribution in [-0.4, -0.2) is 16.6 Å². The van der Waals surface area contributed by atoms with Crippen LogP contribution in [-0.2, 0) is 6.18 Å². The molecule has 3 aromatic rings. The Hall–Kier alpha value is -3.34. The molecule has 0 radical (unpaired) electrons. The van der Waals surface area contributed by atoms with Crippen molar-refractivity contribution in [3.63, 3.8) is 0 Å². The monoisotopic (exact) mass is 344 g/mol. The lowest BCUT2D eigenvalue weighted by molar-refractivity contribution is -0.141. The van der Waals surface area contributed by atoms with E-state index < -0.39 is 17.4 Å². The van der Waals surface area contributed by atoms with Crippen LogP contribution in [0.3, 0.4) is 0 Å². The summed E-state index contributed by atoms with van der Waals surface area (Å²) in [4.78, 5) is 16.4. The number of nitriles is 1. The third-order valence-corrected chi connectivity index (χ3v) is 3.69. The van der Waals surface area contributed by atoms with Gasteiger partial charge < -0.3 is 5.32 Å². The molecule has 0 aliphatic rings. The lowest BCUT2D eigenvalue weighted by Gasteiger charge is -2.16. The molecular weight excluding hydrogens is 333 g/mol. The van der Waals surface area contributed by atoms with Crippen LogP contribution in [0.2, 0.25) is 0 Å². The predicted octanol–water partition coefficient (Wildman–Crippen LogP) is 3.32. The van der Waals surface area contributed by atoms with Gasteiger partial charge in [-0.1, -0.05) is 18.2 Å². The molecule has 0 aliphatic carbocycles. The van der Waals surface area contributed by atoms with Crippen LogP contribution in [0.25, 0.3) is 16.7 Å². The number of nitrogens with one attached hydrogen (secondary N) is 1. The van der Waals surface area contributed by atoms with E-state index >= 15 is 0 Å². The van der Waals surface area contributed by atoms with Crippen molar-refractivity contribution in [3.05, 3.63) is 64.1 Å². The summed E-state index contributed by atoms with van der Waals surface area (Å²) in [6.07, 6.45) is -4.65. The maximum atomic E-state index is 13.1. The maximum absolute atomic E-state index is 13.1. The zero-order valence-corrected chi connectivity index (χ0v) is 12.9. The first-order valence-electron chi connectivity index (χ1n) is 7.18. The molecular formula is C17H11F3N4O. The highest BCUT2D eigenvalue weighted by Crippen LogP contribution is 2.32. The summed E-state index contributed by atoms with van der Waals surface area (Å²) in [5.74, 6) is 0. The molecule has 0 unspecified atom stereocenters. The molecule has 2 aromatic heterocycles. The average Bonchev–Trinajstić information content (AvgIpc) is 2.60. The van der Waals surface area contributed by atoms with E-state index in [2.05, 4.69) is 10.3 Å². The minimum atomic E-state index is -4.65.